The van der Waals surface area contributed by atoms with Crippen LogP contribution in [0.5, 0.6) is 5.75 Å². The Labute approximate surface area is 128 Å². The molecular formula is C15H18ClN3O2. The first-order valence-corrected chi connectivity index (χ1v) is 7.15. The molecule has 0 aliphatic carbocycles. The molecule has 0 fully saturated rings. The molecule has 2 aromatic rings. The van der Waals surface area contributed by atoms with Crippen molar-refractivity contribution >= 4 is 17.4 Å². The fourth-order valence-electron chi connectivity index (χ4n) is 1.88. The van der Waals surface area contributed by atoms with Crippen molar-refractivity contribution in [3.05, 3.63) is 40.9 Å². The van der Waals surface area contributed by atoms with Gasteiger partial charge in [-0.25, -0.2) is 9.67 Å². The maximum absolute atomic E-state index is 11.3. The van der Waals surface area contributed by atoms with Crippen LogP contribution < -0.4 is 4.74 Å². The monoisotopic (exact) mass is 307 g/mol. The Kier molecular flexibility index (Phi) is 4.96. The summed E-state index contributed by atoms with van der Waals surface area (Å²) in [5, 5.41) is 4.59. The smallest absolute Gasteiger partial charge is 0.164 e. The van der Waals surface area contributed by atoms with Crippen molar-refractivity contribution in [2.24, 2.45) is 5.92 Å². The van der Waals surface area contributed by atoms with Crippen molar-refractivity contribution < 1.29 is 9.53 Å². The van der Waals surface area contributed by atoms with Crippen molar-refractivity contribution in [2.45, 2.75) is 33.9 Å². The lowest BCUT2D eigenvalue weighted by Gasteiger charge is -2.11. The molecule has 0 aliphatic rings. The minimum absolute atomic E-state index is 0.0277. The van der Waals surface area contributed by atoms with E-state index in [1.807, 2.05) is 4.68 Å². The molecule has 0 aliphatic heterocycles. The fourth-order valence-corrected chi connectivity index (χ4v) is 2.11. The third kappa shape index (κ3) is 4.04. The van der Waals surface area contributed by atoms with E-state index in [1.54, 1.807) is 18.2 Å². The van der Waals surface area contributed by atoms with E-state index < -0.39 is 0 Å². The summed E-state index contributed by atoms with van der Waals surface area (Å²) < 4.78 is 7.49. The number of benzene rings is 1. The van der Waals surface area contributed by atoms with Gasteiger partial charge in [0.05, 0.1) is 5.02 Å². The predicted molar refractivity (Wildman–Crippen MR) is 80.6 cm³/mol. The van der Waals surface area contributed by atoms with Gasteiger partial charge in [0.2, 0.25) is 0 Å². The summed E-state index contributed by atoms with van der Waals surface area (Å²) in [7, 11) is 0. The normalized spacial score (nSPS) is 10.9. The van der Waals surface area contributed by atoms with Crippen LogP contribution in [0.1, 0.15) is 37.0 Å². The van der Waals surface area contributed by atoms with Crippen molar-refractivity contribution in [1.29, 1.82) is 0 Å². The highest BCUT2D eigenvalue weighted by Crippen LogP contribution is 2.26. The van der Waals surface area contributed by atoms with Crippen molar-refractivity contribution in [1.82, 2.24) is 14.8 Å². The third-order valence-corrected chi connectivity index (χ3v) is 3.22. The van der Waals surface area contributed by atoms with Crippen LogP contribution in [0.4, 0.5) is 0 Å². The number of carbonyl (C=O) groups is 1. The number of rotatable bonds is 6. The van der Waals surface area contributed by atoms with E-state index in [4.69, 9.17) is 16.3 Å². The zero-order valence-electron chi connectivity index (χ0n) is 12.3. The first-order valence-electron chi connectivity index (χ1n) is 6.77. The van der Waals surface area contributed by atoms with E-state index in [0.29, 0.717) is 22.3 Å². The minimum atomic E-state index is -0.0277. The van der Waals surface area contributed by atoms with E-state index in [9.17, 15) is 4.79 Å². The lowest BCUT2D eigenvalue weighted by Crippen LogP contribution is -2.12. The van der Waals surface area contributed by atoms with Crippen LogP contribution in [-0.2, 0) is 13.2 Å². The van der Waals surface area contributed by atoms with Crippen LogP contribution in [0.15, 0.2) is 24.5 Å². The average molecular weight is 308 g/mol. The van der Waals surface area contributed by atoms with Gasteiger partial charge < -0.3 is 4.74 Å². The number of nitrogens with zero attached hydrogens (tertiary/aromatic N) is 3. The number of ether oxygens (including phenoxy) is 1. The standard InChI is InChI=1S/C15H18ClN3O2/c1-10(2)7-19-15(17-9-18-19)8-21-14-5-4-12(11(3)20)6-13(14)16/h4-6,9-10H,7-8H2,1-3H3. The third-order valence-electron chi connectivity index (χ3n) is 2.93. The average Bonchev–Trinajstić information content (AvgIpc) is 2.83. The van der Waals surface area contributed by atoms with Crippen molar-refractivity contribution in [2.75, 3.05) is 0 Å². The zero-order valence-corrected chi connectivity index (χ0v) is 13.1. The van der Waals surface area contributed by atoms with Gasteiger partial charge in [0.1, 0.15) is 18.7 Å². The van der Waals surface area contributed by atoms with Crippen LogP contribution >= 0.6 is 11.6 Å². The molecule has 6 heteroatoms. The van der Waals surface area contributed by atoms with Gasteiger partial charge in [-0.2, -0.15) is 5.10 Å². The van der Waals surface area contributed by atoms with Crippen LogP contribution in [0.2, 0.25) is 5.02 Å². The summed E-state index contributed by atoms with van der Waals surface area (Å²) in [5.74, 6) is 1.72. The van der Waals surface area contributed by atoms with E-state index in [-0.39, 0.29) is 12.4 Å². The number of carbonyl (C=O) groups excluding carboxylic acids is 1. The van der Waals surface area contributed by atoms with E-state index in [1.165, 1.54) is 13.3 Å². The van der Waals surface area contributed by atoms with Crippen LogP contribution in [0, 0.1) is 5.92 Å². The Bertz CT molecular complexity index is 638. The van der Waals surface area contributed by atoms with Crippen molar-refractivity contribution in [3.8, 4) is 5.75 Å². The van der Waals surface area contributed by atoms with Gasteiger partial charge in [-0.05, 0) is 31.0 Å². The predicted octanol–water partition coefficient (Wildman–Crippen LogP) is 3.37. The molecule has 21 heavy (non-hydrogen) atoms. The van der Waals surface area contributed by atoms with Gasteiger partial charge in [0.15, 0.2) is 11.6 Å². The molecule has 0 atom stereocenters. The van der Waals surface area contributed by atoms with Gasteiger partial charge in [0.25, 0.3) is 0 Å². The molecule has 0 radical (unpaired) electrons. The Morgan fingerprint density at radius 2 is 2.19 bits per heavy atom. The largest absolute Gasteiger partial charge is 0.484 e. The van der Waals surface area contributed by atoms with Crippen LogP contribution in [0.3, 0.4) is 0 Å². The van der Waals surface area contributed by atoms with Gasteiger partial charge in [-0.15, -0.1) is 0 Å². The highest BCUT2D eigenvalue weighted by Gasteiger charge is 2.10. The molecule has 1 aromatic carbocycles. The Morgan fingerprint density at radius 3 is 2.81 bits per heavy atom. The summed E-state index contributed by atoms with van der Waals surface area (Å²) in [5.41, 5.74) is 0.565. The minimum Gasteiger partial charge on any atom is -0.484 e. The first kappa shape index (κ1) is 15.5. The summed E-state index contributed by atoms with van der Waals surface area (Å²) >= 11 is 6.12. The lowest BCUT2D eigenvalue weighted by atomic mass is 10.1. The van der Waals surface area contributed by atoms with E-state index in [2.05, 4.69) is 23.9 Å². The molecule has 1 heterocycles. The number of aromatic nitrogens is 3. The quantitative estimate of drug-likeness (QED) is 0.768. The number of ketones is 1. The molecule has 1 aromatic heterocycles. The van der Waals surface area contributed by atoms with Gasteiger partial charge in [-0.3, -0.25) is 4.79 Å². The maximum atomic E-state index is 11.3. The zero-order chi connectivity index (χ0) is 15.4. The van der Waals surface area contributed by atoms with Gasteiger partial charge >= 0.3 is 0 Å². The van der Waals surface area contributed by atoms with Crippen LogP contribution in [0.25, 0.3) is 0 Å². The number of hydrogen-bond acceptors (Lipinski definition) is 4. The molecule has 0 saturated heterocycles. The number of hydrogen-bond donors (Lipinski definition) is 0. The van der Waals surface area contributed by atoms with Crippen LogP contribution in [-0.4, -0.2) is 20.5 Å². The van der Waals surface area contributed by atoms with E-state index in [0.717, 1.165) is 12.4 Å². The highest BCUT2D eigenvalue weighted by atomic mass is 35.5. The highest BCUT2D eigenvalue weighted by molar-refractivity contribution is 6.32. The SMILES string of the molecule is CC(=O)c1ccc(OCc2ncnn2CC(C)C)c(Cl)c1. The fraction of sp³-hybridized carbons (Fsp3) is 0.400. The number of halogens is 1. The molecule has 0 N–H and O–H groups in total. The number of Topliss-reactive ketones (excluding diaryl/α,β-unsaturated/α-hetero) is 1. The second-order valence-electron chi connectivity index (χ2n) is 5.24. The second-order valence-corrected chi connectivity index (χ2v) is 5.65. The molecule has 0 amide bonds. The second kappa shape index (κ2) is 6.72. The topological polar surface area (TPSA) is 57.0 Å². The summed E-state index contributed by atoms with van der Waals surface area (Å²) in [6, 6.07) is 5.00. The Balaban J connectivity index is 2.07. The molecule has 0 bridgehead atoms. The Morgan fingerprint density at radius 1 is 1.43 bits per heavy atom. The summed E-state index contributed by atoms with van der Waals surface area (Å²) in [6.07, 6.45) is 1.52. The summed E-state index contributed by atoms with van der Waals surface area (Å²) in [4.78, 5) is 15.5. The maximum Gasteiger partial charge on any atom is 0.164 e. The lowest BCUT2D eigenvalue weighted by molar-refractivity contribution is 0.101. The first-order chi connectivity index (χ1) is 9.97. The molecule has 5 nitrogen and oxygen atoms in total. The summed E-state index contributed by atoms with van der Waals surface area (Å²) in [6.45, 7) is 6.80. The van der Waals surface area contributed by atoms with Gasteiger partial charge in [-0.1, -0.05) is 25.4 Å². The van der Waals surface area contributed by atoms with E-state index >= 15 is 0 Å². The molecule has 0 unspecified atom stereocenters. The molecule has 112 valence electrons. The molecular weight excluding hydrogens is 290 g/mol. The molecule has 0 saturated carbocycles. The molecule has 2 rings (SSSR count). The Hall–Kier alpha value is -1.88. The molecule has 0 spiro atoms. The van der Waals surface area contributed by atoms with Crippen molar-refractivity contribution in [3.63, 3.8) is 0 Å². The van der Waals surface area contributed by atoms with Gasteiger partial charge in [0, 0.05) is 12.1 Å².